The Morgan fingerprint density at radius 3 is 2.25 bits per heavy atom. The molecule has 2 aromatic heterocycles. The first-order valence-corrected chi connectivity index (χ1v) is 6.89. The monoisotopic (exact) mass is 327 g/mol. The standard InChI is InChI=1S/C16H11F2N5O/c17-11-4-1-5-12(18)15(11)20-13-6-7-14(23-22-13)21-16(24)10-3-2-8-19-9-10/h1-9H,(H,20,22)(H,21,23,24). The SMILES string of the molecule is O=C(Nc1ccc(Nc2c(F)cccc2F)nn1)c1cccnc1. The van der Waals surface area contributed by atoms with Crippen LogP contribution < -0.4 is 10.6 Å². The van der Waals surface area contributed by atoms with Gasteiger partial charge in [-0.3, -0.25) is 9.78 Å². The molecule has 1 aromatic carbocycles. The maximum atomic E-state index is 13.6. The van der Waals surface area contributed by atoms with Gasteiger partial charge >= 0.3 is 0 Å². The number of carbonyl (C=O) groups excluding carboxylic acids is 1. The van der Waals surface area contributed by atoms with Gasteiger partial charge in [0.25, 0.3) is 5.91 Å². The summed E-state index contributed by atoms with van der Waals surface area (Å²) >= 11 is 0. The summed E-state index contributed by atoms with van der Waals surface area (Å²) in [6, 6.07) is 9.66. The molecule has 2 heterocycles. The number of nitrogens with one attached hydrogen (secondary N) is 2. The zero-order valence-corrected chi connectivity index (χ0v) is 12.2. The molecule has 8 heteroatoms. The maximum absolute atomic E-state index is 13.6. The number of nitrogens with zero attached hydrogens (tertiary/aromatic N) is 3. The van der Waals surface area contributed by atoms with E-state index < -0.39 is 17.5 Å². The second kappa shape index (κ2) is 6.78. The lowest BCUT2D eigenvalue weighted by atomic mass is 10.2. The van der Waals surface area contributed by atoms with Gasteiger partial charge in [-0.2, -0.15) is 0 Å². The van der Waals surface area contributed by atoms with E-state index >= 15 is 0 Å². The van der Waals surface area contributed by atoms with Gasteiger partial charge in [0, 0.05) is 12.4 Å². The highest BCUT2D eigenvalue weighted by Gasteiger charge is 2.10. The second-order valence-electron chi connectivity index (χ2n) is 4.72. The highest BCUT2D eigenvalue weighted by molar-refractivity contribution is 6.03. The van der Waals surface area contributed by atoms with Gasteiger partial charge in [0.2, 0.25) is 0 Å². The first kappa shape index (κ1) is 15.5. The van der Waals surface area contributed by atoms with E-state index in [-0.39, 0.29) is 17.3 Å². The lowest BCUT2D eigenvalue weighted by molar-refractivity contribution is 0.102. The molecule has 0 aliphatic carbocycles. The Bertz CT molecular complexity index is 836. The Balaban J connectivity index is 1.71. The maximum Gasteiger partial charge on any atom is 0.258 e. The number of anilines is 3. The smallest absolute Gasteiger partial charge is 0.258 e. The van der Waals surface area contributed by atoms with E-state index in [1.165, 1.54) is 24.4 Å². The number of carbonyl (C=O) groups is 1. The first-order chi connectivity index (χ1) is 11.6. The Kier molecular flexibility index (Phi) is 4.37. The molecule has 0 fully saturated rings. The molecule has 0 saturated carbocycles. The fourth-order valence-electron chi connectivity index (χ4n) is 1.90. The van der Waals surface area contributed by atoms with E-state index in [9.17, 15) is 13.6 Å². The molecule has 0 radical (unpaired) electrons. The van der Waals surface area contributed by atoms with Crippen LogP contribution in [0.5, 0.6) is 0 Å². The van der Waals surface area contributed by atoms with Gasteiger partial charge in [0.05, 0.1) is 5.56 Å². The largest absolute Gasteiger partial charge is 0.334 e. The summed E-state index contributed by atoms with van der Waals surface area (Å²) in [5.74, 6) is -1.54. The zero-order chi connectivity index (χ0) is 16.9. The number of amides is 1. The molecule has 24 heavy (non-hydrogen) atoms. The van der Waals surface area contributed by atoms with Gasteiger partial charge in [-0.15, -0.1) is 10.2 Å². The predicted octanol–water partition coefficient (Wildman–Crippen LogP) is 3.15. The predicted molar refractivity (Wildman–Crippen MR) is 83.9 cm³/mol. The third-order valence-corrected chi connectivity index (χ3v) is 3.05. The number of rotatable bonds is 4. The molecule has 0 bridgehead atoms. The quantitative estimate of drug-likeness (QED) is 0.769. The third-order valence-electron chi connectivity index (χ3n) is 3.05. The fourth-order valence-corrected chi connectivity index (χ4v) is 1.90. The summed E-state index contributed by atoms with van der Waals surface area (Å²) < 4.78 is 27.1. The Morgan fingerprint density at radius 2 is 1.62 bits per heavy atom. The summed E-state index contributed by atoms with van der Waals surface area (Å²) in [4.78, 5) is 15.8. The Morgan fingerprint density at radius 1 is 0.917 bits per heavy atom. The van der Waals surface area contributed by atoms with Gasteiger partial charge in [-0.05, 0) is 36.4 Å². The van der Waals surface area contributed by atoms with Crippen LogP contribution in [0, 0.1) is 11.6 Å². The molecule has 1 amide bonds. The van der Waals surface area contributed by atoms with Crippen LogP contribution in [0.25, 0.3) is 0 Å². The highest BCUT2D eigenvalue weighted by Crippen LogP contribution is 2.22. The van der Waals surface area contributed by atoms with Crippen LogP contribution in [0.3, 0.4) is 0 Å². The molecule has 0 aliphatic heterocycles. The van der Waals surface area contributed by atoms with Crippen LogP contribution in [0.1, 0.15) is 10.4 Å². The molecule has 2 N–H and O–H groups in total. The van der Waals surface area contributed by atoms with E-state index in [0.29, 0.717) is 5.56 Å². The third kappa shape index (κ3) is 3.49. The van der Waals surface area contributed by atoms with Crippen molar-refractivity contribution in [3.05, 3.63) is 72.1 Å². The molecule has 3 aromatic rings. The Labute approximate surface area is 135 Å². The number of hydrogen-bond acceptors (Lipinski definition) is 5. The van der Waals surface area contributed by atoms with Crippen LogP contribution in [0.2, 0.25) is 0 Å². The minimum absolute atomic E-state index is 0.137. The van der Waals surface area contributed by atoms with Gasteiger partial charge in [0.15, 0.2) is 11.6 Å². The van der Waals surface area contributed by atoms with Crippen LogP contribution in [-0.4, -0.2) is 21.1 Å². The molecule has 0 saturated heterocycles. The fraction of sp³-hybridized carbons (Fsp3) is 0. The molecule has 3 rings (SSSR count). The summed E-state index contributed by atoms with van der Waals surface area (Å²) in [5, 5.41) is 12.6. The average Bonchev–Trinajstić information content (AvgIpc) is 2.60. The molecule has 120 valence electrons. The number of para-hydroxylation sites is 1. The zero-order valence-electron chi connectivity index (χ0n) is 12.2. The van der Waals surface area contributed by atoms with Gasteiger partial charge < -0.3 is 10.6 Å². The molecule has 0 aliphatic rings. The van der Waals surface area contributed by atoms with Crippen LogP contribution >= 0.6 is 0 Å². The Hall–Kier alpha value is -3.42. The van der Waals surface area contributed by atoms with Crippen molar-refractivity contribution in [3.8, 4) is 0 Å². The lowest BCUT2D eigenvalue weighted by Gasteiger charge is -2.08. The van der Waals surface area contributed by atoms with Crippen molar-refractivity contribution in [2.24, 2.45) is 0 Å². The van der Waals surface area contributed by atoms with Crippen molar-refractivity contribution < 1.29 is 13.6 Å². The molecular formula is C16H11F2N5O. The number of pyridine rings is 1. The average molecular weight is 327 g/mol. The van der Waals surface area contributed by atoms with E-state index in [0.717, 1.165) is 12.1 Å². The van der Waals surface area contributed by atoms with E-state index in [4.69, 9.17) is 0 Å². The van der Waals surface area contributed by atoms with Gasteiger partial charge in [0.1, 0.15) is 17.3 Å². The van der Waals surface area contributed by atoms with Gasteiger partial charge in [-0.1, -0.05) is 6.07 Å². The molecule has 6 nitrogen and oxygen atoms in total. The van der Waals surface area contributed by atoms with Crippen molar-refractivity contribution in [1.82, 2.24) is 15.2 Å². The van der Waals surface area contributed by atoms with Crippen LogP contribution in [-0.2, 0) is 0 Å². The summed E-state index contributed by atoms with van der Waals surface area (Å²) in [5.41, 5.74) is 0.0499. The van der Waals surface area contributed by atoms with Crippen LogP contribution in [0.4, 0.5) is 26.1 Å². The highest BCUT2D eigenvalue weighted by atomic mass is 19.1. The number of halogens is 2. The molecule has 0 spiro atoms. The number of benzene rings is 1. The molecular weight excluding hydrogens is 316 g/mol. The van der Waals surface area contributed by atoms with Crippen molar-refractivity contribution >= 4 is 23.2 Å². The van der Waals surface area contributed by atoms with Crippen molar-refractivity contribution in [3.63, 3.8) is 0 Å². The second-order valence-corrected chi connectivity index (χ2v) is 4.72. The molecule has 0 unspecified atom stereocenters. The van der Waals surface area contributed by atoms with E-state index in [1.54, 1.807) is 18.3 Å². The number of hydrogen-bond donors (Lipinski definition) is 2. The van der Waals surface area contributed by atoms with Gasteiger partial charge in [-0.25, -0.2) is 8.78 Å². The van der Waals surface area contributed by atoms with Crippen LogP contribution in [0.15, 0.2) is 54.9 Å². The van der Waals surface area contributed by atoms with Crippen molar-refractivity contribution in [2.45, 2.75) is 0 Å². The van der Waals surface area contributed by atoms with E-state index in [2.05, 4.69) is 25.8 Å². The lowest BCUT2D eigenvalue weighted by Crippen LogP contribution is -2.13. The summed E-state index contributed by atoms with van der Waals surface area (Å²) in [6.07, 6.45) is 2.97. The minimum Gasteiger partial charge on any atom is -0.334 e. The minimum atomic E-state index is -0.745. The summed E-state index contributed by atoms with van der Waals surface area (Å²) in [6.45, 7) is 0. The van der Waals surface area contributed by atoms with E-state index in [1.807, 2.05) is 0 Å². The van der Waals surface area contributed by atoms with Crippen molar-refractivity contribution in [2.75, 3.05) is 10.6 Å². The van der Waals surface area contributed by atoms with Crippen molar-refractivity contribution in [1.29, 1.82) is 0 Å². The first-order valence-electron chi connectivity index (χ1n) is 6.89. The molecule has 0 atom stereocenters. The number of aromatic nitrogens is 3. The summed E-state index contributed by atoms with van der Waals surface area (Å²) in [7, 11) is 0. The topological polar surface area (TPSA) is 79.8 Å². The normalized spacial score (nSPS) is 10.2.